The first-order valence-corrected chi connectivity index (χ1v) is 11.9. The number of sulfone groups is 1. The number of nitrogens with one attached hydrogen (secondary N) is 1. The Labute approximate surface area is 185 Å². The number of carbonyl (C=O) groups is 1. The number of hydrogen-bond acceptors (Lipinski definition) is 6. The van der Waals surface area contributed by atoms with Gasteiger partial charge in [0.15, 0.2) is 0 Å². The fourth-order valence-electron chi connectivity index (χ4n) is 3.53. The van der Waals surface area contributed by atoms with E-state index in [1.807, 2.05) is 24.3 Å². The molecule has 0 radical (unpaired) electrons. The van der Waals surface area contributed by atoms with Crippen LogP contribution >= 0.6 is 11.3 Å². The summed E-state index contributed by atoms with van der Waals surface area (Å²) in [5.74, 6) is 0.770. The van der Waals surface area contributed by atoms with E-state index in [0.29, 0.717) is 23.8 Å². The van der Waals surface area contributed by atoms with Crippen LogP contribution in [0.2, 0.25) is 0 Å². The standard InChI is InChI=1S/C23H21NO5S2/c1-3-11-29-17-6-4-5-15(12-17)19-13-21(25)24-22-20(14-30-23(19)22)31(26,27)18-9-7-16(28-2)8-10-18/h3-10,12,14,19H,1,11,13H2,2H3,(H,24,25)/t19-/m0/s1. The van der Waals surface area contributed by atoms with Crippen molar-refractivity contribution in [3.05, 3.63) is 77.0 Å². The molecule has 1 aliphatic rings. The summed E-state index contributed by atoms with van der Waals surface area (Å²) < 4.78 is 37.3. The molecule has 0 unspecified atom stereocenters. The van der Waals surface area contributed by atoms with Crippen LogP contribution in [0, 0.1) is 0 Å². The van der Waals surface area contributed by atoms with Crippen molar-refractivity contribution in [2.75, 3.05) is 19.0 Å². The van der Waals surface area contributed by atoms with Crippen LogP contribution in [0.3, 0.4) is 0 Å². The van der Waals surface area contributed by atoms with E-state index in [4.69, 9.17) is 9.47 Å². The van der Waals surface area contributed by atoms with Crippen LogP contribution in [0.25, 0.3) is 0 Å². The van der Waals surface area contributed by atoms with Crippen molar-refractivity contribution in [1.29, 1.82) is 0 Å². The predicted octanol–water partition coefficient (Wildman–Crippen LogP) is 4.63. The van der Waals surface area contributed by atoms with Crippen molar-refractivity contribution >= 4 is 32.8 Å². The van der Waals surface area contributed by atoms with Gasteiger partial charge >= 0.3 is 0 Å². The first-order chi connectivity index (χ1) is 14.9. The van der Waals surface area contributed by atoms with E-state index in [-0.39, 0.29) is 28.0 Å². The third-order valence-electron chi connectivity index (χ3n) is 5.04. The van der Waals surface area contributed by atoms with Crippen LogP contribution < -0.4 is 14.8 Å². The van der Waals surface area contributed by atoms with Gasteiger partial charge in [0.2, 0.25) is 15.7 Å². The number of anilines is 1. The van der Waals surface area contributed by atoms with Gasteiger partial charge in [-0.1, -0.05) is 24.8 Å². The molecular weight excluding hydrogens is 434 g/mol. The number of benzene rings is 2. The number of fused-ring (bicyclic) bond motifs is 1. The lowest BCUT2D eigenvalue weighted by atomic mass is 9.90. The van der Waals surface area contributed by atoms with Crippen molar-refractivity contribution in [3.63, 3.8) is 0 Å². The SMILES string of the molecule is C=CCOc1cccc([C@@H]2CC(=O)Nc3c(S(=O)(=O)c4ccc(OC)cc4)csc32)c1. The highest BCUT2D eigenvalue weighted by Crippen LogP contribution is 2.46. The highest BCUT2D eigenvalue weighted by Gasteiger charge is 2.34. The van der Waals surface area contributed by atoms with Gasteiger partial charge < -0.3 is 14.8 Å². The minimum Gasteiger partial charge on any atom is -0.497 e. The average molecular weight is 456 g/mol. The van der Waals surface area contributed by atoms with E-state index in [0.717, 1.165) is 10.4 Å². The van der Waals surface area contributed by atoms with E-state index < -0.39 is 9.84 Å². The first kappa shape index (κ1) is 21.1. The summed E-state index contributed by atoms with van der Waals surface area (Å²) in [6.07, 6.45) is 1.90. The molecule has 1 aromatic heterocycles. The number of rotatable bonds is 7. The monoisotopic (exact) mass is 455 g/mol. The maximum atomic E-state index is 13.3. The van der Waals surface area contributed by atoms with Gasteiger partial charge in [0.25, 0.3) is 0 Å². The maximum Gasteiger partial charge on any atom is 0.225 e. The molecule has 0 fully saturated rings. The third-order valence-corrected chi connectivity index (χ3v) is 8.08. The molecule has 0 aliphatic carbocycles. The molecule has 1 N–H and O–H groups in total. The lowest BCUT2D eigenvalue weighted by molar-refractivity contribution is -0.116. The number of methoxy groups -OCH3 is 1. The smallest absolute Gasteiger partial charge is 0.225 e. The number of carbonyl (C=O) groups excluding carboxylic acids is 1. The molecule has 0 bridgehead atoms. The van der Waals surface area contributed by atoms with Gasteiger partial charge in [-0.2, -0.15) is 0 Å². The molecule has 3 aromatic rings. The molecule has 31 heavy (non-hydrogen) atoms. The van der Waals surface area contributed by atoms with Crippen LogP contribution in [0.4, 0.5) is 5.69 Å². The Morgan fingerprint density at radius 1 is 1.19 bits per heavy atom. The van der Waals surface area contributed by atoms with Gasteiger partial charge in [0.05, 0.1) is 17.7 Å². The Morgan fingerprint density at radius 2 is 1.97 bits per heavy atom. The van der Waals surface area contributed by atoms with E-state index in [1.165, 1.54) is 30.6 Å². The zero-order valence-electron chi connectivity index (χ0n) is 16.8. The zero-order chi connectivity index (χ0) is 22.0. The summed E-state index contributed by atoms with van der Waals surface area (Å²) >= 11 is 1.33. The van der Waals surface area contributed by atoms with Crippen LogP contribution in [0.15, 0.2) is 76.4 Å². The Bertz CT molecular complexity index is 1230. The highest BCUT2D eigenvalue weighted by atomic mass is 32.2. The Hall–Kier alpha value is -3.10. The summed E-state index contributed by atoms with van der Waals surface area (Å²) in [5.41, 5.74) is 1.26. The summed E-state index contributed by atoms with van der Waals surface area (Å²) in [4.78, 5) is 13.6. The average Bonchev–Trinajstić information content (AvgIpc) is 3.22. The molecule has 6 nitrogen and oxygen atoms in total. The third kappa shape index (κ3) is 4.08. The van der Waals surface area contributed by atoms with Gasteiger partial charge in [0.1, 0.15) is 23.0 Å². The highest BCUT2D eigenvalue weighted by molar-refractivity contribution is 7.91. The van der Waals surface area contributed by atoms with E-state index in [2.05, 4.69) is 11.9 Å². The van der Waals surface area contributed by atoms with Crippen molar-refractivity contribution in [1.82, 2.24) is 0 Å². The second-order valence-corrected chi connectivity index (χ2v) is 9.82. The van der Waals surface area contributed by atoms with Crippen LogP contribution in [0.5, 0.6) is 11.5 Å². The molecule has 1 atom stereocenters. The summed E-state index contributed by atoms with van der Waals surface area (Å²) in [6.45, 7) is 4.03. The molecule has 2 heterocycles. The fourth-order valence-corrected chi connectivity index (χ4v) is 6.44. The van der Waals surface area contributed by atoms with Crippen molar-refractivity contribution in [3.8, 4) is 11.5 Å². The quantitative estimate of drug-likeness (QED) is 0.526. The van der Waals surface area contributed by atoms with E-state index >= 15 is 0 Å². The van der Waals surface area contributed by atoms with Gasteiger partial charge in [0, 0.05) is 22.6 Å². The number of hydrogen-bond donors (Lipinski definition) is 1. The number of thiophene rings is 1. The van der Waals surface area contributed by atoms with Gasteiger partial charge in [-0.25, -0.2) is 8.42 Å². The van der Waals surface area contributed by atoms with E-state index in [9.17, 15) is 13.2 Å². The molecule has 0 saturated heterocycles. The van der Waals surface area contributed by atoms with Crippen LogP contribution in [-0.2, 0) is 14.6 Å². The summed E-state index contributed by atoms with van der Waals surface area (Å²) in [6, 6.07) is 13.7. The molecular formula is C23H21NO5S2. The van der Waals surface area contributed by atoms with Crippen molar-refractivity contribution in [2.24, 2.45) is 0 Å². The number of amides is 1. The van der Waals surface area contributed by atoms with Gasteiger partial charge in [-0.3, -0.25) is 4.79 Å². The molecule has 0 spiro atoms. The van der Waals surface area contributed by atoms with E-state index in [1.54, 1.807) is 23.6 Å². The molecule has 1 amide bonds. The molecule has 160 valence electrons. The lowest BCUT2D eigenvalue weighted by Gasteiger charge is -2.24. The molecule has 0 saturated carbocycles. The van der Waals surface area contributed by atoms with Crippen LogP contribution in [0.1, 0.15) is 22.8 Å². The summed E-state index contributed by atoms with van der Waals surface area (Å²) in [5, 5.41) is 4.38. The fraction of sp³-hybridized carbons (Fsp3) is 0.174. The largest absolute Gasteiger partial charge is 0.497 e. The molecule has 1 aliphatic heterocycles. The molecule has 2 aromatic carbocycles. The maximum absolute atomic E-state index is 13.3. The second kappa shape index (κ2) is 8.56. The minimum atomic E-state index is -3.81. The minimum absolute atomic E-state index is 0.106. The van der Waals surface area contributed by atoms with Crippen molar-refractivity contribution < 1.29 is 22.7 Å². The Kier molecular flexibility index (Phi) is 5.84. The van der Waals surface area contributed by atoms with Gasteiger partial charge in [-0.05, 0) is 42.0 Å². The summed E-state index contributed by atoms with van der Waals surface area (Å²) in [7, 11) is -2.29. The molecule has 8 heteroatoms. The Morgan fingerprint density at radius 3 is 2.68 bits per heavy atom. The number of ether oxygens (including phenoxy) is 2. The van der Waals surface area contributed by atoms with Gasteiger partial charge in [-0.15, -0.1) is 11.3 Å². The van der Waals surface area contributed by atoms with Crippen LogP contribution in [-0.4, -0.2) is 28.0 Å². The first-order valence-electron chi connectivity index (χ1n) is 9.58. The van der Waals surface area contributed by atoms with Crippen molar-refractivity contribution in [2.45, 2.75) is 22.1 Å². The normalized spacial score (nSPS) is 15.6. The second-order valence-electron chi connectivity index (χ2n) is 7.00. The predicted molar refractivity (Wildman–Crippen MR) is 120 cm³/mol. The topological polar surface area (TPSA) is 81.7 Å². The zero-order valence-corrected chi connectivity index (χ0v) is 18.5. The molecule has 4 rings (SSSR count). The Balaban J connectivity index is 1.74. The lowest BCUT2D eigenvalue weighted by Crippen LogP contribution is -2.23.